The maximum Gasteiger partial charge on any atom is 0.143 e. The third-order valence-electron chi connectivity index (χ3n) is 7.79. The van der Waals surface area contributed by atoms with Crippen LogP contribution in [-0.4, -0.2) is 12.1 Å². The highest BCUT2D eigenvalue weighted by Gasteiger charge is 2.16. The molecule has 0 amide bonds. The van der Waals surface area contributed by atoms with Gasteiger partial charge in [-0.25, -0.2) is 0 Å². The summed E-state index contributed by atoms with van der Waals surface area (Å²) in [5, 5.41) is 0. The number of hydrogen-bond acceptors (Lipinski definition) is 2. The van der Waals surface area contributed by atoms with E-state index < -0.39 is 0 Å². The Morgan fingerprint density at radius 3 is 1.21 bits per heavy atom. The van der Waals surface area contributed by atoms with Crippen LogP contribution in [0.25, 0.3) is 0 Å². The summed E-state index contributed by atoms with van der Waals surface area (Å²) < 4.78 is 0. The Labute approximate surface area is 238 Å². The molecule has 0 N–H and O–H groups in total. The van der Waals surface area contributed by atoms with Gasteiger partial charge in [-0.15, -0.1) is 0 Å². The van der Waals surface area contributed by atoms with Gasteiger partial charge < -0.3 is 4.79 Å². The first-order valence-electron chi connectivity index (χ1n) is 17.0. The number of ketones is 1. The highest BCUT2D eigenvalue weighted by molar-refractivity contribution is 5.93. The predicted octanol–water partition coefficient (Wildman–Crippen LogP) is 12.1. The van der Waals surface area contributed by atoms with Gasteiger partial charge in [0.05, 0.1) is 5.92 Å². The highest BCUT2D eigenvalue weighted by atomic mass is 16.1. The third kappa shape index (κ3) is 27.8. The van der Waals surface area contributed by atoms with Gasteiger partial charge in [-0.3, -0.25) is 4.79 Å². The quantitative estimate of drug-likeness (QED) is 0.0386. The topological polar surface area (TPSA) is 34.1 Å². The molecule has 0 heterocycles. The Kier molecular flexibility index (Phi) is 31.0. The molecule has 0 spiro atoms. The molecule has 222 valence electrons. The van der Waals surface area contributed by atoms with Gasteiger partial charge in [0.1, 0.15) is 12.1 Å². The Morgan fingerprint density at radius 2 is 0.816 bits per heavy atom. The van der Waals surface area contributed by atoms with Gasteiger partial charge in [-0.1, -0.05) is 141 Å². The zero-order chi connectivity index (χ0) is 27.8. The molecule has 2 heteroatoms. The van der Waals surface area contributed by atoms with E-state index in [1.165, 1.54) is 135 Å². The van der Waals surface area contributed by atoms with Crippen molar-refractivity contribution in [3.05, 3.63) is 24.3 Å². The van der Waals surface area contributed by atoms with Crippen molar-refractivity contribution in [3.8, 4) is 0 Å². The maximum atomic E-state index is 12.4. The molecular formula is C36H66O2. The summed E-state index contributed by atoms with van der Waals surface area (Å²) in [6, 6.07) is 0. The van der Waals surface area contributed by atoms with Crippen LogP contribution in [0.4, 0.5) is 0 Å². The number of carbonyl (C=O) groups excluding carboxylic acids is 2. The van der Waals surface area contributed by atoms with Crippen LogP contribution in [0, 0.1) is 5.92 Å². The van der Waals surface area contributed by atoms with E-state index in [-0.39, 0.29) is 11.7 Å². The summed E-state index contributed by atoms with van der Waals surface area (Å²) >= 11 is 0. The minimum atomic E-state index is -0.357. The lowest BCUT2D eigenvalue weighted by atomic mass is 9.94. The van der Waals surface area contributed by atoms with Crippen LogP contribution < -0.4 is 0 Å². The van der Waals surface area contributed by atoms with Gasteiger partial charge in [-0.05, 0) is 64.2 Å². The molecule has 38 heavy (non-hydrogen) atoms. The number of hydrogen-bond donors (Lipinski definition) is 0. The number of unbranched alkanes of at least 4 members (excludes halogenated alkanes) is 21. The van der Waals surface area contributed by atoms with Crippen molar-refractivity contribution in [2.45, 2.75) is 187 Å². The molecular weight excluding hydrogens is 464 g/mol. The minimum absolute atomic E-state index is 0.176. The third-order valence-corrected chi connectivity index (χ3v) is 7.79. The van der Waals surface area contributed by atoms with Crippen LogP contribution in [0.15, 0.2) is 24.3 Å². The van der Waals surface area contributed by atoms with Crippen molar-refractivity contribution in [2.75, 3.05) is 0 Å². The minimum Gasteiger partial charge on any atom is -0.303 e. The lowest BCUT2D eigenvalue weighted by Crippen LogP contribution is -2.15. The van der Waals surface area contributed by atoms with Crippen LogP contribution >= 0.6 is 0 Å². The van der Waals surface area contributed by atoms with E-state index in [0.717, 1.165) is 38.4 Å². The molecule has 1 unspecified atom stereocenters. The van der Waals surface area contributed by atoms with E-state index in [1.54, 1.807) is 0 Å². The molecule has 0 fully saturated rings. The summed E-state index contributed by atoms with van der Waals surface area (Å²) in [4.78, 5) is 23.9. The molecule has 0 aliphatic heterocycles. The Balaban J connectivity index is 3.51. The van der Waals surface area contributed by atoms with Crippen LogP contribution in [0.3, 0.4) is 0 Å². The van der Waals surface area contributed by atoms with Gasteiger partial charge in [-0.2, -0.15) is 0 Å². The molecule has 0 bridgehead atoms. The molecule has 0 saturated heterocycles. The van der Waals surface area contributed by atoms with E-state index in [2.05, 4.69) is 38.2 Å². The van der Waals surface area contributed by atoms with Crippen molar-refractivity contribution < 1.29 is 9.59 Å². The zero-order valence-corrected chi connectivity index (χ0v) is 25.9. The maximum absolute atomic E-state index is 12.4. The molecule has 0 aliphatic carbocycles. The molecule has 0 aliphatic rings. The fraction of sp³-hybridized carbons (Fsp3) is 0.833. The second-order valence-electron chi connectivity index (χ2n) is 11.6. The molecule has 2 nitrogen and oxygen atoms in total. The number of aldehydes is 1. The van der Waals surface area contributed by atoms with Crippen LogP contribution in [0.2, 0.25) is 0 Å². The first-order chi connectivity index (χ1) is 18.8. The van der Waals surface area contributed by atoms with E-state index in [1.807, 2.05) is 0 Å². The first-order valence-corrected chi connectivity index (χ1v) is 17.0. The van der Waals surface area contributed by atoms with E-state index in [0.29, 0.717) is 6.42 Å². The molecule has 0 aromatic heterocycles. The summed E-state index contributed by atoms with van der Waals surface area (Å²) in [5.74, 6) is -0.181. The molecule has 0 aromatic rings. The van der Waals surface area contributed by atoms with Crippen molar-refractivity contribution in [2.24, 2.45) is 5.92 Å². The summed E-state index contributed by atoms with van der Waals surface area (Å²) in [6.07, 6.45) is 43.3. The normalized spacial score (nSPS) is 12.6. The van der Waals surface area contributed by atoms with Crippen LogP contribution in [0.1, 0.15) is 187 Å². The number of allylic oxidation sites excluding steroid dienone is 4. The Hall–Kier alpha value is -1.18. The zero-order valence-electron chi connectivity index (χ0n) is 25.9. The fourth-order valence-corrected chi connectivity index (χ4v) is 5.12. The van der Waals surface area contributed by atoms with Gasteiger partial charge in [0.15, 0.2) is 0 Å². The summed E-state index contributed by atoms with van der Waals surface area (Å²) in [6.45, 7) is 4.54. The fourth-order valence-electron chi connectivity index (χ4n) is 5.12. The average Bonchev–Trinajstić information content (AvgIpc) is 2.93. The second kappa shape index (κ2) is 32.0. The van der Waals surface area contributed by atoms with Crippen LogP contribution in [0.5, 0.6) is 0 Å². The van der Waals surface area contributed by atoms with Crippen molar-refractivity contribution in [3.63, 3.8) is 0 Å². The average molecular weight is 531 g/mol. The molecule has 0 radical (unpaired) electrons. The lowest BCUT2D eigenvalue weighted by molar-refractivity contribution is -0.127. The van der Waals surface area contributed by atoms with Gasteiger partial charge in [0.2, 0.25) is 0 Å². The SMILES string of the molecule is CCCCCCCC/C=C\CCCCCCCC(=O)C(C=O)CCCCCC/C=C\CCCCCCCC. The lowest BCUT2D eigenvalue weighted by Gasteiger charge is -2.09. The smallest absolute Gasteiger partial charge is 0.143 e. The number of carbonyl (C=O) groups is 2. The van der Waals surface area contributed by atoms with Gasteiger partial charge >= 0.3 is 0 Å². The molecule has 0 aromatic carbocycles. The van der Waals surface area contributed by atoms with Crippen LogP contribution in [-0.2, 0) is 9.59 Å². The predicted molar refractivity (Wildman–Crippen MR) is 169 cm³/mol. The van der Waals surface area contributed by atoms with E-state index >= 15 is 0 Å². The van der Waals surface area contributed by atoms with E-state index in [9.17, 15) is 9.59 Å². The van der Waals surface area contributed by atoms with Gasteiger partial charge in [0.25, 0.3) is 0 Å². The monoisotopic (exact) mass is 531 g/mol. The van der Waals surface area contributed by atoms with Crippen molar-refractivity contribution in [1.82, 2.24) is 0 Å². The van der Waals surface area contributed by atoms with Gasteiger partial charge in [0, 0.05) is 6.42 Å². The molecule has 0 rings (SSSR count). The number of rotatable bonds is 31. The Morgan fingerprint density at radius 1 is 0.474 bits per heavy atom. The molecule has 0 saturated carbocycles. The standard InChI is InChI=1S/C36H66O2/c1-3-5-7-9-11-13-15-17-19-21-23-25-27-29-31-33-36(38)35(34-37)32-30-28-26-24-22-20-18-16-14-12-10-8-6-4-2/h17-20,34-35H,3-16,21-33H2,1-2H3/b19-17-,20-18-. The number of Topliss-reactive ketones (excluding diaryl/α,β-unsaturated/α-hetero) is 1. The van der Waals surface area contributed by atoms with E-state index in [4.69, 9.17) is 0 Å². The van der Waals surface area contributed by atoms with Crippen molar-refractivity contribution >= 4 is 12.1 Å². The second-order valence-corrected chi connectivity index (χ2v) is 11.6. The first kappa shape index (κ1) is 36.8. The Bertz CT molecular complexity index is 548. The van der Waals surface area contributed by atoms with Crippen molar-refractivity contribution in [1.29, 1.82) is 0 Å². The summed E-state index contributed by atoms with van der Waals surface area (Å²) in [7, 11) is 0. The highest BCUT2D eigenvalue weighted by Crippen LogP contribution is 2.16. The largest absolute Gasteiger partial charge is 0.303 e. The molecule has 1 atom stereocenters. The summed E-state index contributed by atoms with van der Waals surface area (Å²) in [5.41, 5.74) is 0.